The minimum Gasteiger partial charge on any atom is -0.495 e. The van der Waals surface area contributed by atoms with Gasteiger partial charge in [-0.15, -0.1) is 0 Å². The van der Waals surface area contributed by atoms with Gasteiger partial charge < -0.3 is 19.9 Å². The molecule has 0 radical (unpaired) electrons. The largest absolute Gasteiger partial charge is 0.495 e. The number of aromatic nitrogens is 2. The molecule has 1 saturated heterocycles. The Morgan fingerprint density at radius 3 is 2.62 bits per heavy atom. The SMILES string of the molecule is COc1ccccc1NC(=O)c1cc(C)nc(N2CCN(C=O)CC2)n1. The molecule has 1 fully saturated rings. The van der Waals surface area contributed by atoms with Crippen molar-refractivity contribution in [1.29, 1.82) is 0 Å². The van der Waals surface area contributed by atoms with Crippen molar-refractivity contribution < 1.29 is 14.3 Å². The van der Waals surface area contributed by atoms with Gasteiger partial charge in [0.1, 0.15) is 11.4 Å². The summed E-state index contributed by atoms with van der Waals surface area (Å²) >= 11 is 0. The number of methoxy groups -OCH3 is 1. The van der Waals surface area contributed by atoms with E-state index in [1.807, 2.05) is 24.0 Å². The van der Waals surface area contributed by atoms with Gasteiger partial charge >= 0.3 is 0 Å². The maximum absolute atomic E-state index is 12.6. The Bertz CT molecular complexity index is 803. The summed E-state index contributed by atoms with van der Waals surface area (Å²) in [5.41, 5.74) is 1.58. The van der Waals surface area contributed by atoms with Gasteiger partial charge in [-0.3, -0.25) is 9.59 Å². The molecule has 136 valence electrons. The van der Waals surface area contributed by atoms with Crippen molar-refractivity contribution in [3.05, 3.63) is 41.7 Å². The molecule has 1 N–H and O–H groups in total. The van der Waals surface area contributed by atoms with Gasteiger partial charge in [0.15, 0.2) is 0 Å². The monoisotopic (exact) mass is 355 g/mol. The van der Waals surface area contributed by atoms with Gasteiger partial charge in [-0.2, -0.15) is 0 Å². The van der Waals surface area contributed by atoms with E-state index in [4.69, 9.17) is 4.74 Å². The number of piperazine rings is 1. The summed E-state index contributed by atoms with van der Waals surface area (Å²) in [7, 11) is 1.55. The lowest BCUT2D eigenvalue weighted by Gasteiger charge is -2.32. The predicted octanol–water partition coefficient (Wildman–Crippen LogP) is 1.32. The zero-order valence-corrected chi connectivity index (χ0v) is 14.8. The van der Waals surface area contributed by atoms with Crippen molar-refractivity contribution >= 4 is 24.0 Å². The topological polar surface area (TPSA) is 87.7 Å². The number of carbonyl (C=O) groups excluding carboxylic acids is 2. The van der Waals surface area contributed by atoms with Crippen LogP contribution in [0.5, 0.6) is 5.75 Å². The quantitative estimate of drug-likeness (QED) is 0.814. The third-order valence-electron chi connectivity index (χ3n) is 4.18. The number of aryl methyl sites for hydroxylation is 1. The third-order valence-corrected chi connectivity index (χ3v) is 4.18. The highest BCUT2D eigenvalue weighted by Crippen LogP contribution is 2.23. The molecule has 3 rings (SSSR count). The Hall–Kier alpha value is -3.16. The fraction of sp³-hybridized carbons (Fsp3) is 0.333. The van der Waals surface area contributed by atoms with Crippen molar-refractivity contribution in [3.63, 3.8) is 0 Å². The van der Waals surface area contributed by atoms with Crippen LogP contribution in [0.15, 0.2) is 30.3 Å². The summed E-state index contributed by atoms with van der Waals surface area (Å²) in [6, 6.07) is 8.85. The van der Waals surface area contributed by atoms with Crippen LogP contribution >= 0.6 is 0 Å². The standard InChI is InChI=1S/C18H21N5O3/c1-13-11-15(17(25)20-14-5-3-4-6-16(14)26-2)21-18(19-13)23-9-7-22(12-24)8-10-23/h3-6,11-12H,7-10H2,1-2H3,(H,20,25). The first-order valence-electron chi connectivity index (χ1n) is 8.35. The number of para-hydroxylation sites is 2. The number of rotatable bonds is 5. The van der Waals surface area contributed by atoms with Crippen LogP contribution in [0.4, 0.5) is 11.6 Å². The molecule has 0 saturated carbocycles. The van der Waals surface area contributed by atoms with Crippen LogP contribution < -0.4 is 15.0 Å². The first kappa shape index (κ1) is 17.7. The summed E-state index contributed by atoms with van der Waals surface area (Å²) in [4.78, 5) is 36.0. The van der Waals surface area contributed by atoms with E-state index >= 15 is 0 Å². The number of ether oxygens (including phenoxy) is 1. The molecule has 0 aliphatic carbocycles. The average molecular weight is 355 g/mol. The van der Waals surface area contributed by atoms with Gasteiger partial charge in [0, 0.05) is 31.9 Å². The van der Waals surface area contributed by atoms with Crippen LogP contribution in [0.2, 0.25) is 0 Å². The van der Waals surface area contributed by atoms with E-state index in [2.05, 4.69) is 15.3 Å². The van der Waals surface area contributed by atoms with Crippen LogP contribution in [0.25, 0.3) is 0 Å². The second-order valence-corrected chi connectivity index (χ2v) is 5.98. The van der Waals surface area contributed by atoms with Gasteiger partial charge in [0.2, 0.25) is 12.4 Å². The number of carbonyl (C=O) groups is 2. The highest BCUT2D eigenvalue weighted by molar-refractivity contribution is 6.03. The molecule has 0 unspecified atom stereocenters. The molecule has 26 heavy (non-hydrogen) atoms. The second kappa shape index (κ2) is 7.81. The Morgan fingerprint density at radius 2 is 1.92 bits per heavy atom. The zero-order chi connectivity index (χ0) is 18.5. The van der Waals surface area contributed by atoms with E-state index in [0.29, 0.717) is 49.3 Å². The second-order valence-electron chi connectivity index (χ2n) is 5.98. The number of anilines is 2. The van der Waals surface area contributed by atoms with Gasteiger partial charge in [0.25, 0.3) is 5.91 Å². The molecule has 1 aliphatic rings. The molecule has 2 aromatic rings. The van der Waals surface area contributed by atoms with Gasteiger partial charge in [0.05, 0.1) is 12.8 Å². The van der Waals surface area contributed by atoms with Crippen molar-refractivity contribution in [2.45, 2.75) is 6.92 Å². The fourth-order valence-electron chi connectivity index (χ4n) is 2.77. The van der Waals surface area contributed by atoms with Crippen LogP contribution in [0, 0.1) is 6.92 Å². The minimum atomic E-state index is -0.326. The molecule has 8 nitrogen and oxygen atoms in total. The van der Waals surface area contributed by atoms with E-state index in [1.165, 1.54) is 0 Å². The molecule has 1 aromatic carbocycles. The number of nitrogens with zero attached hydrogens (tertiary/aromatic N) is 4. The summed E-state index contributed by atoms with van der Waals surface area (Å²) in [6.45, 7) is 4.32. The molecule has 1 aliphatic heterocycles. The van der Waals surface area contributed by atoms with E-state index in [0.717, 1.165) is 6.41 Å². The molecule has 2 heterocycles. The maximum Gasteiger partial charge on any atom is 0.274 e. The molecular weight excluding hydrogens is 334 g/mol. The average Bonchev–Trinajstić information content (AvgIpc) is 2.68. The van der Waals surface area contributed by atoms with Crippen molar-refractivity contribution in [1.82, 2.24) is 14.9 Å². The minimum absolute atomic E-state index is 0.288. The smallest absolute Gasteiger partial charge is 0.274 e. The predicted molar refractivity (Wildman–Crippen MR) is 97.6 cm³/mol. The molecule has 1 aromatic heterocycles. The first-order valence-corrected chi connectivity index (χ1v) is 8.35. The highest BCUT2D eigenvalue weighted by Gasteiger charge is 2.20. The van der Waals surface area contributed by atoms with Crippen LogP contribution in [0.1, 0.15) is 16.2 Å². The van der Waals surface area contributed by atoms with E-state index in [-0.39, 0.29) is 11.6 Å². The number of amides is 2. The number of benzene rings is 1. The fourth-order valence-corrected chi connectivity index (χ4v) is 2.77. The van der Waals surface area contributed by atoms with Gasteiger partial charge in [-0.1, -0.05) is 12.1 Å². The van der Waals surface area contributed by atoms with Gasteiger partial charge in [-0.25, -0.2) is 9.97 Å². The normalized spacial score (nSPS) is 14.1. The maximum atomic E-state index is 12.6. The number of hydrogen-bond acceptors (Lipinski definition) is 6. The third kappa shape index (κ3) is 3.90. The molecular formula is C18H21N5O3. The molecule has 0 spiro atoms. The summed E-state index contributed by atoms with van der Waals surface area (Å²) in [5.74, 6) is 0.755. The summed E-state index contributed by atoms with van der Waals surface area (Å²) < 4.78 is 5.26. The van der Waals surface area contributed by atoms with Crippen molar-refractivity contribution in [2.24, 2.45) is 0 Å². The van der Waals surface area contributed by atoms with E-state index in [9.17, 15) is 9.59 Å². The van der Waals surface area contributed by atoms with Crippen molar-refractivity contribution in [3.8, 4) is 5.75 Å². The lowest BCUT2D eigenvalue weighted by Crippen LogP contribution is -2.46. The Labute approximate surface area is 151 Å². The summed E-state index contributed by atoms with van der Waals surface area (Å²) in [6.07, 6.45) is 0.848. The van der Waals surface area contributed by atoms with E-state index < -0.39 is 0 Å². The molecule has 0 atom stereocenters. The van der Waals surface area contributed by atoms with Crippen molar-refractivity contribution in [2.75, 3.05) is 43.5 Å². The Balaban J connectivity index is 1.79. The van der Waals surface area contributed by atoms with Gasteiger partial charge in [-0.05, 0) is 25.1 Å². The Kier molecular flexibility index (Phi) is 5.31. The number of hydrogen-bond donors (Lipinski definition) is 1. The molecule has 2 amide bonds. The van der Waals surface area contributed by atoms with Crippen LogP contribution in [0.3, 0.4) is 0 Å². The molecule has 8 heteroatoms. The lowest BCUT2D eigenvalue weighted by atomic mass is 10.2. The zero-order valence-electron chi connectivity index (χ0n) is 14.8. The van der Waals surface area contributed by atoms with E-state index in [1.54, 1.807) is 30.2 Å². The Morgan fingerprint density at radius 1 is 1.19 bits per heavy atom. The molecule has 0 bridgehead atoms. The van der Waals surface area contributed by atoms with Crippen LogP contribution in [-0.2, 0) is 4.79 Å². The summed E-state index contributed by atoms with van der Waals surface area (Å²) in [5, 5.41) is 2.82. The first-order chi connectivity index (χ1) is 12.6. The highest BCUT2D eigenvalue weighted by atomic mass is 16.5. The van der Waals surface area contributed by atoms with Crippen LogP contribution in [-0.4, -0.2) is 60.5 Å². The number of nitrogens with one attached hydrogen (secondary N) is 1. The lowest BCUT2D eigenvalue weighted by molar-refractivity contribution is -0.118.